The van der Waals surface area contributed by atoms with Crippen LogP contribution in [0.3, 0.4) is 0 Å². The van der Waals surface area contributed by atoms with E-state index in [9.17, 15) is 5.11 Å². The first-order valence-electron chi connectivity index (χ1n) is 5.98. The quantitative estimate of drug-likeness (QED) is 0.711. The maximum atomic E-state index is 9.98. The molecule has 0 aromatic heterocycles. The summed E-state index contributed by atoms with van der Waals surface area (Å²) in [5, 5.41) is 19.1. The Hall–Kier alpha value is -1.32. The number of anilines is 1. The number of hydrogen-bond donors (Lipinski definition) is 2. The van der Waals surface area contributed by atoms with Crippen molar-refractivity contribution in [2.75, 3.05) is 24.6 Å². The van der Waals surface area contributed by atoms with Gasteiger partial charge in [-0.3, -0.25) is 0 Å². The lowest BCUT2D eigenvalue weighted by Gasteiger charge is -2.26. The fourth-order valence-corrected chi connectivity index (χ4v) is 1.86. The van der Waals surface area contributed by atoms with Crippen LogP contribution in [0.1, 0.15) is 25.0 Å². The van der Waals surface area contributed by atoms with E-state index in [0.717, 1.165) is 11.3 Å². The third-order valence-electron chi connectivity index (χ3n) is 2.74. The van der Waals surface area contributed by atoms with Crippen molar-refractivity contribution < 1.29 is 10.2 Å². The van der Waals surface area contributed by atoms with E-state index in [0.29, 0.717) is 19.5 Å². The molecule has 0 aliphatic heterocycles. The summed E-state index contributed by atoms with van der Waals surface area (Å²) in [5.74, 6) is 0. The number of benzene rings is 1. The van der Waals surface area contributed by atoms with Gasteiger partial charge >= 0.3 is 0 Å². The molecule has 0 radical (unpaired) electrons. The summed E-state index contributed by atoms with van der Waals surface area (Å²) in [6, 6.07) is 7.75. The van der Waals surface area contributed by atoms with Crippen LogP contribution in [0.25, 0.3) is 0 Å². The van der Waals surface area contributed by atoms with Gasteiger partial charge in [-0.2, -0.15) is 0 Å². The molecule has 1 atom stereocenters. The van der Waals surface area contributed by atoms with Crippen molar-refractivity contribution in [3.63, 3.8) is 0 Å². The van der Waals surface area contributed by atoms with E-state index >= 15 is 0 Å². The molecular formula is C14H21NO2. The molecule has 0 unspecified atom stereocenters. The number of nitrogens with zero attached hydrogens (tertiary/aromatic N) is 1. The zero-order valence-corrected chi connectivity index (χ0v) is 10.3. The van der Waals surface area contributed by atoms with Crippen LogP contribution in [0.15, 0.2) is 36.9 Å². The molecule has 0 saturated carbocycles. The van der Waals surface area contributed by atoms with Crippen LogP contribution in [0.2, 0.25) is 0 Å². The standard InChI is InChI=1S/C14H21NO2/c1-3-9-15(10-11-16)13-8-6-5-7-12(13)14(17)4-2/h3,5-8,14,16-17H,1,4,9-11H2,2H3/t14-/m1/s1. The first kappa shape index (κ1) is 13.7. The van der Waals surface area contributed by atoms with Gasteiger partial charge < -0.3 is 15.1 Å². The van der Waals surface area contributed by atoms with Gasteiger partial charge in [-0.05, 0) is 12.5 Å². The Morgan fingerprint density at radius 2 is 2.12 bits per heavy atom. The number of rotatable bonds is 7. The predicted octanol–water partition coefficient (Wildman–Crippen LogP) is 2.11. The second-order valence-corrected chi connectivity index (χ2v) is 3.94. The van der Waals surface area contributed by atoms with E-state index in [1.165, 1.54) is 0 Å². The van der Waals surface area contributed by atoms with Crippen molar-refractivity contribution in [2.24, 2.45) is 0 Å². The fraction of sp³-hybridized carbons (Fsp3) is 0.429. The van der Waals surface area contributed by atoms with Crippen LogP contribution >= 0.6 is 0 Å². The number of aliphatic hydroxyl groups excluding tert-OH is 2. The molecular weight excluding hydrogens is 214 g/mol. The lowest BCUT2D eigenvalue weighted by molar-refractivity contribution is 0.174. The van der Waals surface area contributed by atoms with Gasteiger partial charge in [0.25, 0.3) is 0 Å². The molecule has 3 heteroatoms. The number of para-hydroxylation sites is 1. The third-order valence-corrected chi connectivity index (χ3v) is 2.74. The van der Waals surface area contributed by atoms with Gasteiger partial charge in [0, 0.05) is 24.3 Å². The minimum atomic E-state index is -0.461. The van der Waals surface area contributed by atoms with Gasteiger partial charge in [-0.15, -0.1) is 6.58 Å². The zero-order chi connectivity index (χ0) is 12.7. The van der Waals surface area contributed by atoms with Crippen LogP contribution in [0.5, 0.6) is 0 Å². The Labute approximate surface area is 103 Å². The van der Waals surface area contributed by atoms with Crippen molar-refractivity contribution in [2.45, 2.75) is 19.4 Å². The topological polar surface area (TPSA) is 43.7 Å². The van der Waals surface area contributed by atoms with Gasteiger partial charge in [-0.25, -0.2) is 0 Å². The first-order chi connectivity index (χ1) is 8.24. The molecule has 0 amide bonds. The lowest BCUT2D eigenvalue weighted by atomic mass is 10.0. The van der Waals surface area contributed by atoms with Gasteiger partial charge in [0.2, 0.25) is 0 Å². The molecule has 0 heterocycles. The molecule has 0 aliphatic carbocycles. The summed E-state index contributed by atoms with van der Waals surface area (Å²) in [5.41, 5.74) is 1.88. The molecule has 1 rings (SSSR count). The summed E-state index contributed by atoms with van der Waals surface area (Å²) in [6.45, 7) is 6.96. The smallest absolute Gasteiger partial charge is 0.0807 e. The van der Waals surface area contributed by atoms with E-state index in [4.69, 9.17) is 5.11 Å². The van der Waals surface area contributed by atoms with Gasteiger partial charge in [0.15, 0.2) is 0 Å². The molecule has 3 nitrogen and oxygen atoms in total. The largest absolute Gasteiger partial charge is 0.395 e. The minimum Gasteiger partial charge on any atom is -0.395 e. The average Bonchev–Trinajstić information content (AvgIpc) is 2.37. The summed E-state index contributed by atoms with van der Waals surface area (Å²) in [6.07, 6.45) is 2.01. The Morgan fingerprint density at radius 3 is 2.71 bits per heavy atom. The molecule has 1 aromatic rings. The highest BCUT2D eigenvalue weighted by Crippen LogP contribution is 2.27. The number of aliphatic hydroxyl groups is 2. The minimum absolute atomic E-state index is 0.0877. The van der Waals surface area contributed by atoms with Crippen molar-refractivity contribution >= 4 is 5.69 Å². The molecule has 0 aliphatic rings. The monoisotopic (exact) mass is 235 g/mol. The Balaban J connectivity index is 3.03. The molecule has 0 spiro atoms. The third kappa shape index (κ3) is 3.58. The van der Waals surface area contributed by atoms with Crippen molar-refractivity contribution in [3.8, 4) is 0 Å². The van der Waals surface area contributed by atoms with Crippen LogP contribution in [-0.2, 0) is 0 Å². The predicted molar refractivity (Wildman–Crippen MR) is 71.2 cm³/mol. The van der Waals surface area contributed by atoms with Crippen molar-refractivity contribution in [3.05, 3.63) is 42.5 Å². The van der Waals surface area contributed by atoms with Crippen LogP contribution in [0, 0.1) is 0 Å². The van der Waals surface area contributed by atoms with Gasteiger partial charge in [0.05, 0.1) is 12.7 Å². The van der Waals surface area contributed by atoms with E-state index < -0.39 is 6.10 Å². The maximum absolute atomic E-state index is 9.98. The summed E-state index contributed by atoms with van der Waals surface area (Å²) in [4.78, 5) is 2.02. The lowest BCUT2D eigenvalue weighted by Crippen LogP contribution is -2.28. The van der Waals surface area contributed by atoms with Crippen LogP contribution in [0.4, 0.5) is 5.69 Å². The number of hydrogen-bond acceptors (Lipinski definition) is 3. The Bertz CT molecular complexity index is 352. The normalized spacial score (nSPS) is 12.2. The molecule has 0 fully saturated rings. The Kier molecular flexibility index (Phi) is 5.73. The van der Waals surface area contributed by atoms with Gasteiger partial charge in [-0.1, -0.05) is 31.2 Å². The fourth-order valence-electron chi connectivity index (χ4n) is 1.86. The van der Waals surface area contributed by atoms with E-state index in [-0.39, 0.29) is 6.61 Å². The van der Waals surface area contributed by atoms with Crippen molar-refractivity contribution in [1.82, 2.24) is 0 Å². The second-order valence-electron chi connectivity index (χ2n) is 3.94. The molecule has 0 bridgehead atoms. The second kappa shape index (κ2) is 7.09. The van der Waals surface area contributed by atoms with Crippen LogP contribution in [-0.4, -0.2) is 29.9 Å². The van der Waals surface area contributed by atoms with Crippen LogP contribution < -0.4 is 4.90 Å². The van der Waals surface area contributed by atoms with E-state index in [1.54, 1.807) is 6.08 Å². The molecule has 1 aromatic carbocycles. The SMILES string of the molecule is C=CCN(CCO)c1ccccc1[C@H](O)CC. The molecule has 0 saturated heterocycles. The van der Waals surface area contributed by atoms with E-state index in [2.05, 4.69) is 6.58 Å². The van der Waals surface area contributed by atoms with Gasteiger partial charge in [0.1, 0.15) is 0 Å². The summed E-state index contributed by atoms with van der Waals surface area (Å²) in [7, 11) is 0. The highest BCUT2D eigenvalue weighted by Gasteiger charge is 2.14. The highest BCUT2D eigenvalue weighted by atomic mass is 16.3. The maximum Gasteiger partial charge on any atom is 0.0807 e. The first-order valence-corrected chi connectivity index (χ1v) is 5.98. The molecule has 94 valence electrons. The highest BCUT2D eigenvalue weighted by molar-refractivity contribution is 5.55. The molecule has 2 N–H and O–H groups in total. The summed E-state index contributed by atoms with van der Waals surface area (Å²) < 4.78 is 0. The van der Waals surface area contributed by atoms with Crippen molar-refractivity contribution in [1.29, 1.82) is 0 Å². The summed E-state index contributed by atoms with van der Waals surface area (Å²) >= 11 is 0. The Morgan fingerprint density at radius 1 is 1.41 bits per heavy atom. The van der Waals surface area contributed by atoms with E-state index in [1.807, 2.05) is 36.1 Å². The zero-order valence-electron chi connectivity index (χ0n) is 10.3. The average molecular weight is 235 g/mol. The molecule has 17 heavy (non-hydrogen) atoms.